The zero-order valence-corrected chi connectivity index (χ0v) is 11.2. The monoisotopic (exact) mass is 254 g/mol. The molecule has 0 atom stereocenters. The van der Waals surface area contributed by atoms with E-state index in [-0.39, 0.29) is 0 Å². The van der Waals surface area contributed by atoms with Crippen LogP contribution in [0, 0.1) is 0 Å². The summed E-state index contributed by atoms with van der Waals surface area (Å²) in [5, 5.41) is 10.2. The van der Waals surface area contributed by atoms with Crippen LogP contribution in [0.3, 0.4) is 0 Å². The fourth-order valence-corrected chi connectivity index (χ4v) is 2.11. The summed E-state index contributed by atoms with van der Waals surface area (Å²) >= 11 is 0. The molecule has 0 bridgehead atoms. The molecule has 18 heavy (non-hydrogen) atoms. The van der Waals surface area contributed by atoms with E-state index in [1.807, 2.05) is 0 Å². The number of alkyl halides is 1. The molecule has 3 nitrogen and oxygen atoms in total. The van der Waals surface area contributed by atoms with Crippen molar-refractivity contribution in [3.8, 4) is 11.5 Å². The van der Waals surface area contributed by atoms with Gasteiger partial charge in [-0.15, -0.1) is 0 Å². The van der Waals surface area contributed by atoms with E-state index in [1.165, 1.54) is 28.1 Å². The standard InChI is InChI=1S/C14H19FO3/c1-13(2,15)9-7-10(14(16)5-6-14)12(18-4)8-11(9)17-3/h7-8,16H,5-6H2,1-4H3. The lowest BCUT2D eigenvalue weighted by Gasteiger charge is -2.22. The van der Waals surface area contributed by atoms with Gasteiger partial charge in [0.1, 0.15) is 17.2 Å². The van der Waals surface area contributed by atoms with E-state index in [0.29, 0.717) is 35.5 Å². The lowest BCUT2D eigenvalue weighted by Crippen LogP contribution is -2.15. The van der Waals surface area contributed by atoms with Gasteiger partial charge in [0.05, 0.1) is 19.8 Å². The van der Waals surface area contributed by atoms with Crippen molar-refractivity contribution in [3.05, 3.63) is 23.3 Å². The molecular weight excluding hydrogens is 235 g/mol. The minimum atomic E-state index is -1.53. The summed E-state index contributed by atoms with van der Waals surface area (Å²) in [5.41, 5.74) is -1.32. The van der Waals surface area contributed by atoms with Gasteiger partial charge in [-0.25, -0.2) is 4.39 Å². The van der Waals surface area contributed by atoms with Gasteiger partial charge in [-0.05, 0) is 32.8 Å². The molecule has 0 radical (unpaired) electrons. The Bertz CT molecular complexity index is 430. The minimum absolute atomic E-state index is 0.432. The lowest BCUT2D eigenvalue weighted by atomic mass is 9.93. The summed E-state index contributed by atoms with van der Waals surface area (Å²) in [7, 11) is 3.03. The van der Waals surface area contributed by atoms with Crippen molar-refractivity contribution in [3.63, 3.8) is 0 Å². The Hall–Kier alpha value is -1.29. The zero-order valence-electron chi connectivity index (χ0n) is 11.2. The summed E-state index contributed by atoms with van der Waals surface area (Å²) in [6, 6.07) is 3.30. The molecule has 0 aliphatic heterocycles. The molecule has 0 spiro atoms. The highest BCUT2D eigenvalue weighted by atomic mass is 19.1. The number of benzene rings is 1. The number of hydrogen-bond donors (Lipinski definition) is 1. The van der Waals surface area contributed by atoms with Crippen LogP contribution in [0.15, 0.2) is 12.1 Å². The number of rotatable bonds is 4. The highest BCUT2D eigenvalue weighted by Gasteiger charge is 2.45. The third-order valence-electron chi connectivity index (χ3n) is 3.39. The Morgan fingerprint density at radius 2 is 1.72 bits per heavy atom. The fourth-order valence-electron chi connectivity index (χ4n) is 2.11. The molecule has 0 amide bonds. The van der Waals surface area contributed by atoms with Gasteiger partial charge in [-0.1, -0.05) is 0 Å². The third kappa shape index (κ3) is 2.17. The van der Waals surface area contributed by atoms with Crippen molar-refractivity contribution in [1.82, 2.24) is 0 Å². The van der Waals surface area contributed by atoms with Gasteiger partial charge in [-0.2, -0.15) is 0 Å². The molecule has 1 saturated carbocycles. The van der Waals surface area contributed by atoms with Crippen LogP contribution >= 0.6 is 0 Å². The number of aliphatic hydroxyl groups is 1. The molecular formula is C14H19FO3. The van der Waals surface area contributed by atoms with E-state index in [4.69, 9.17) is 9.47 Å². The zero-order chi connectivity index (χ0) is 13.6. The van der Waals surface area contributed by atoms with E-state index in [1.54, 1.807) is 12.1 Å². The van der Waals surface area contributed by atoms with Crippen LogP contribution in [-0.4, -0.2) is 19.3 Å². The summed E-state index contributed by atoms with van der Waals surface area (Å²) in [6.07, 6.45) is 1.36. The van der Waals surface area contributed by atoms with E-state index < -0.39 is 11.3 Å². The van der Waals surface area contributed by atoms with Gasteiger partial charge in [0, 0.05) is 17.2 Å². The molecule has 0 aromatic heterocycles. The second-order valence-corrected chi connectivity index (χ2v) is 5.26. The van der Waals surface area contributed by atoms with E-state index >= 15 is 0 Å². The molecule has 100 valence electrons. The summed E-state index contributed by atoms with van der Waals surface area (Å²) in [4.78, 5) is 0. The second kappa shape index (κ2) is 4.12. The fraction of sp³-hybridized carbons (Fsp3) is 0.571. The highest BCUT2D eigenvalue weighted by Crippen LogP contribution is 2.51. The number of hydrogen-bond acceptors (Lipinski definition) is 3. The first-order valence-corrected chi connectivity index (χ1v) is 6.00. The molecule has 1 aliphatic carbocycles. The van der Waals surface area contributed by atoms with Crippen LogP contribution in [0.25, 0.3) is 0 Å². The normalized spacial score (nSPS) is 17.4. The number of ether oxygens (including phenoxy) is 2. The molecule has 0 heterocycles. The van der Waals surface area contributed by atoms with Gasteiger partial charge in [0.25, 0.3) is 0 Å². The molecule has 1 aromatic carbocycles. The quantitative estimate of drug-likeness (QED) is 0.898. The first-order chi connectivity index (χ1) is 8.31. The largest absolute Gasteiger partial charge is 0.496 e. The minimum Gasteiger partial charge on any atom is -0.496 e. The first-order valence-electron chi connectivity index (χ1n) is 6.00. The lowest BCUT2D eigenvalue weighted by molar-refractivity contribution is 0.146. The van der Waals surface area contributed by atoms with Gasteiger partial charge in [-0.3, -0.25) is 0 Å². The van der Waals surface area contributed by atoms with Gasteiger partial charge in [0.15, 0.2) is 0 Å². The summed E-state index contributed by atoms with van der Waals surface area (Å²) in [5.74, 6) is 0.979. The van der Waals surface area contributed by atoms with Crippen molar-refractivity contribution in [2.24, 2.45) is 0 Å². The molecule has 1 fully saturated rings. The first kappa shape index (κ1) is 13.1. The van der Waals surface area contributed by atoms with Crippen LogP contribution < -0.4 is 9.47 Å². The maximum atomic E-state index is 14.2. The average Bonchev–Trinajstić information content (AvgIpc) is 3.05. The van der Waals surface area contributed by atoms with Gasteiger partial charge < -0.3 is 14.6 Å². The van der Waals surface area contributed by atoms with Crippen molar-refractivity contribution in [1.29, 1.82) is 0 Å². The molecule has 1 N–H and O–H groups in total. The summed E-state index contributed by atoms with van der Waals surface area (Å²) < 4.78 is 24.7. The van der Waals surface area contributed by atoms with Gasteiger partial charge >= 0.3 is 0 Å². The van der Waals surface area contributed by atoms with Crippen LogP contribution in [0.2, 0.25) is 0 Å². The molecule has 2 rings (SSSR count). The van der Waals surface area contributed by atoms with Crippen molar-refractivity contribution in [2.75, 3.05) is 14.2 Å². The molecule has 0 unspecified atom stereocenters. The van der Waals surface area contributed by atoms with Crippen molar-refractivity contribution in [2.45, 2.75) is 38.0 Å². The van der Waals surface area contributed by atoms with E-state index in [9.17, 15) is 9.50 Å². The van der Waals surface area contributed by atoms with E-state index in [2.05, 4.69) is 0 Å². The average molecular weight is 254 g/mol. The highest BCUT2D eigenvalue weighted by molar-refractivity contribution is 5.52. The van der Waals surface area contributed by atoms with Crippen molar-refractivity contribution >= 4 is 0 Å². The molecule has 1 aliphatic rings. The Morgan fingerprint density at radius 3 is 2.11 bits per heavy atom. The van der Waals surface area contributed by atoms with Crippen LogP contribution in [0.1, 0.15) is 37.8 Å². The Labute approximate surface area is 107 Å². The predicted molar refractivity (Wildman–Crippen MR) is 66.8 cm³/mol. The summed E-state index contributed by atoms with van der Waals surface area (Å²) in [6.45, 7) is 2.94. The SMILES string of the molecule is COc1cc(OC)c(C2(O)CC2)cc1C(C)(C)F. The predicted octanol–water partition coefficient (Wildman–Crippen LogP) is 2.89. The second-order valence-electron chi connectivity index (χ2n) is 5.26. The van der Waals surface area contributed by atoms with Crippen LogP contribution in [0.5, 0.6) is 11.5 Å². The third-order valence-corrected chi connectivity index (χ3v) is 3.39. The van der Waals surface area contributed by atoms with E-state index in [0.717, 1.165) is 0 Å². The maximum Gasteiger partial charge on any atom is 0.134 e. The maximum absolute atomic E-state index is 14.2. The molecule has 1 aromatic rings. The smallest absolute Gasteiger partial charge is 0.134 e. The Kier molecular flexibility index (Phi) is 3.01. The topological polar surface area (TPSA) is 38.7 Å². The molecule has 4 heteroatoms. The van der Waals surface area contributed by atoms with Crippen LogP contribution in [0.4, 0.5) is 4.39 Å². The number of methoxy groups -OCH3 is 2. The Morgan fingerprint density at radius 1 is 1.17 bits per heavy atom. The molecule has 0 saturated heterocycles. The number of halogens is 1. The van der Waals surface area contributed by atoms with Crippen molar-refractivity contribution < 1.29 is 19.0 Å². The van der Waals surface area contributed by atoms with Gasteiger partial charge in [0.2, 0.25) is 0 Å². The Balaban J connectivity index is 2.60. The van der Waals surface area contributed by atoms with Crippen LogP contribution in [-0.2, 0) is 11.3 Å².